The summed E-state index contributed by atoms with van der Waals surface area (Å²) in [6.45, 7) is 2.81. The summed E-state index contributed by atoms with van der Waals surface area (Å²) < 4.78 is 0. The molecule has 1 fully saturated rings. The number of nitrogens with zero attached hydrogens (tertiary/aromatic N) is 1. The molecule has 1 atom stereocenters. The van der Waals surface area contributed by atoms with Crippen molar-refractivity contribution in [3.05, 3.63) is 35.4 Å². The van der Waals surface area contributed by atoms with E-state index in [-0.39, 0.29) is 12.5 Å². The predicted octanol–water partition coefficient (Wildman–Crippen LogP) is 2.83. The van der Waals surface area contributed by atoms with Crippen LogP contribution in [0.3, 0.4) is 0 Å². The third-order valence-electron chi connectivity index (χ3n) is 3.97. The van der Waals surface area contributed by atoms with Crippen molar-refractivity contribution in [1.82, 2.24) is 4.90 Å². The van der Waals surface area contributed by atoms with E-state index in [0.29, 0.717) is 17.2 Å². The van der Waals surface area contributed by atoms with E-state index >= 15 is 0 Å². The third-order valence-corrected chi connectivity index (χ3v) is 3.97. The zero-order valence-corrected chi connectivity index (χ0v) is 12.6. The Balaban J connectivity index is 2.26. The Morgan fingerprint density at radius 1 is 1.38 bits per heavy atom. The minimum Gasteiger partial charge on any atom is -0.384 e. The molecule has 2 rings (SSSR count). The highest BCUT2D eigenvalue weighted by Crippen LogP contribution is 2.23. The molecule has 0 saturated carbocycles. The van der Waals surface area contributed by atoms with Crippen molar-refractivity contribution in [2.45, 2.75) is 45.1 Å². The lowest BCUT2D eigenvalue weighted by atomic mass is 9.96. The molecule has 21 heavy (non-hydrogen) atoms. The fourth-order valence-corrected chi connectivity index (χ4v) is 2.97. The lowest BCUT2D eigenvalue weighted by molar-refractivity contribution is 0.0600. The van der Waals surface area contributed by atoms with E-state index in [2.05, 4.69) is 18.8 Å². The second-order valence-corrected chi connectivity index (χ2v) is 5.44. The van der Waals surface area contributed by atoms with Gasteiger partial charge in [0, 0.05) is 18.2 Å². The van der Waals surface area contributed by atoms with Crippen LogP contribution in [0.5, 0.6) is 0 Å². The molecule has 1 unspecified atom stereocenters. The number of aliphatic hydroxyl groups excluding tert-OH is 1. The fourth-order valence-electron chi connectivity index (χ4n) is 2.97. The normalized spacial score (nSPS) is 18.0. The van der Waals surface area contributed by atoms with Gasteiger partial charge in [-0.1, -0.05) is 37.3 Å². The van der Waals surface area contributed by atoms with Gasteiger partial charge in [-0.15, -0.1) is 0 Å². The van der Waals surface area contributed by atoms with E-state index in [9.17, 15) is 4.79 Å². The molecule has 112 valence electrons. The number of likely N-dealkylation sites (tertiary alicyclic amines) is 1. The summed E-state index contributed by atoms with van der Waals surface area (Å²) in [5.74, 6) is 5.60. The van der Waals surface area contributed by atoms with Gasteiger partial charge in [-0.25, -0.2) is 0 Å². The minimum atomic E-state index is -0.190. The molecule has 3 nitrogen and oxygen atoms in total. The second-order valence-electron chi connectivity index (χ2n) is 5.44. The molecule has 0 radical (unpaired) electrons. The van der Waals surface area contributed by atoms with Crippen LogP contribution in [0.2, 0.25) is 0 Å². The quantitative estimate of drug-likeness (QED) is 0.868. The van der Waals surface area contributed by atoms with Crippen LogP contribution in [0.15, 0.2) is 24.3 Å². The van der Waals surface area contributed by atoms with Gasteiger partial charge in [-0.3, -0.25) is 4.79 Å². The molecule has 1 N–H and O–H groups in total. The van der Waals surface area contributed by atoms with Gasteiger partial charge in [0.05, 0.1) is 5.56 Å². The van der Waals surface area contributed by atoms with Gasteiger partial charge in [0.25, 0.3) is 5.91 Å². The summed E-state index contributed by atoms with van der Waals surface area (Å²) in [7, 11) is 0. The van der Waals surface area contributed by atoms with Gasteiger partial charge < -0.3 is 10.0 Å². The van der Waals surface area contributed by atoms with Gasteiger partial charge in [-0.2, -0.15) is 0 Å². The van der Waals surface area contributed by atoms with Crippen molar-refractivity contribution in [2.75, 3.05) is 13.2 Å². The van der Waals surface area contributed by atoms with E-state index in [1.54, 1.807) is 0 Å². The standard InChI is InChI=1S/C18H23NO2/c1-2-8-16-11-5-6-13-19(16)18(21)17-12-4-3-9-15(17)10-7-14-20/h3-4,9,12,16,20H,2,5-6,8,11,13-14H2,1H3. The van der Waals surface area contributed by atoms with Gasteiger partial charge in [-0.05, 0) is 37.8 Å². The first-order valence-corrected chi connectivity index (χ1v) is 7.77. The highest BCUT2D eigenvalue weighted by Gasteiger charge is 2.27. The molecule has 0 aliphatic carbocycles. The third kappa shape index (κ3) is 3.86. The monoisotopic (exact) mass is 285 g/mol. The van der Waals surface area contributed by atoms with Crippen molar-refractivity contribution in [3.8, 4) is 11.8 Å². The van der Waals surface area contributed by atoms with Gasteiger partial charge in [0.15, 0.2) is 0 Å². The highest BCUT2D eigenvalue weighted by molar-refractivity contribution is 5.97. The number of hydrogen-bond acceptors (Lipinski definition) is 2. The summed E-state index contributed by atoms with van der Waals surface area (Å²) >= 11 is 0. The van der Waals surface area contributed by atoms with E-state index in [1.165, 1.54) is 6.42 Å². The lowest BCUT2D eigenvalue weighted by Crippen LogP contribution is -2.43. The molecule has 0 spiro atoms. The number of carbonyl (C=O) groups excluding carboxylic acids is 1. The van der Waals surface area contributed by atoms with E-state index < -0.39 is 0 Å². The first-order chi connectivity index (χ1) is 10.3. The molecule has 0 aromatic heterocycles. The van der Waals surface area contributed by atoms with E-state index in [1.807, 2.05) is 29.2 Å². The number of carbonyl (C=O) groups is 1. The molecule has 1 aliphatic rings. The van der Waals surface area contributed by atoms with Crippen molar-refractivity contribution >= 4 is 5.91 Å². The van der Waals surface area contributed by atoms with Crippen LogP contribution >= 0.6 is 0 Å². The van der Waals surface area contributed by atoms with Gasteiger partial charge in [0.1, 0.15) is 6.61 Å². The zero-order chi connectivity index (χ0) is 15.1. The number of amides is 1. The van der Waals surface area contributed by atoms with Crippen molar-refractivity contribution in [2.24, 2.45) is 0 Å². The number of benzene rings is 1. The molecule has 1 amide bonds. The van der Waals surface area contributed by atoms with Crippen LogP contribution < -0.4 is 0 Å². The average molecular weight is 285 g/mol. The van der Waals surface area contributed by atoms with Crippen LogP contribution in [-0.4, -0.2) is 35.1 Å². The number of rotatable bonds is 3. The van der Waals surface area contributed by atoms with E-state index in [0.717, 1.165) is 32.2 Å². The van der Waals surface area contributed by atoms with Gasteiger partial charge >= 0.3 is 0 Å². The van der Waals surface area contributed by atoms with Crippen molar-refractivity contribution in [1.29, 1.82) is 0 Å². The van der Waals surface area contributed by atoms with Crippen LogP contribution in [0.4, 0.5) is 0 Å². The Morgan fingerprint density at radius 3 is 2.95 bits per heavy atom. The van der Waals surface area contributed by atoms with Crippen LogP contribution in [0, 0.1) is 11.8 Å². The van der Waals surface area contributed by atoms with Crippen LogP contribution in [0.1, 0.15) is 54.9 Å². The molecular formula is C18H23NO2. The smallest absolute Gasteiger partial charge is 0.255 e. The Hall–Kier alpha value is -1.79. The molecule has 1 saturated heterocycles. The first kappa shape index (κ1) is 15.6. The summed E-state index contributed by atoms with van der Waals surface area (Å²) in [4.78, 5) is 14.9. The molecular weight excluding hydrogens is 262 g/mol. The average Bonchev–Trinajstić information content (AvgIpc) is 2.53. The Kier molecular flexibility index (Phi) is 5.83. The molecule has 3 heteroatoms. The first-order valence-electron chi connectivity index (χ1n) is 7.77. The molecule has 1 aliphatic heterocycles. The molecule has 1 heterocycles. The fraction of sp³-hybridized carbons (Fsp3) is 0.500. The summed E-state index contributed by atoms with van der Waals surface area (Å²) in [6, 6.07) is 7.78. The molecule has 0 bridgehead atoms. The summed E-state index contributed by atoms with van der Waals surface area (Å²) in [5.41, 5.74) is 1.36. The maximum atomic E-state index is 12.9. The van der Waals surface area contributed by atoms with Crippen LogP contribution in [-0.2, 0) is 0 Å². The maximum Gasteiger partial charge on any atom is 0.255 e. The van der Waals surface area contributed by atoms with Crippen LogP contribution in [0.25, 0.3) is 0 Å². The molecule has 1 aromatic rings. The lowest BCUT2D eigenvalue weighted by Gasteiger charge is -2.36. The van der Waals surface area contributed by atoms with Crippen molar-refractivity contribution < 1.29 is 9.90 Å². The Morgan fingerprint density at radius 2 is 2.19 bits per heavy atom. The summed E-state index contributed by atoms with van der Waals surface area (Å²) in [6.07, 6.45) is 5.55. The Bertz CT molecular complexity index is 540. The Labute approximate surface area is 127 Å². The number of piperidine rings is 1. The minimum absolute atomic E-state index is 0.0796. The summed E-state index contributed by atoms with van der Waals surface area (Å²) in [5, 5.41) is 8.85. The van der Waals surface area contributed by atoms with E-state index in [4.69, 9.17) is 5.11 Å². The van der Waals surface area contributed by atoms with Gasteiger partial charge in [0.2, 0.25) is 0 Å². The topological polar surface area (TPSA) is 40.5 Å². The zero-order valence-electron chi connectivity index (χ0n) is 12.6. The molecule has 1 aromatic carbocycles. The highest BCUT2D eigenvalue weighted by atomic mass is 16.2. The predicted molar refractivity (Wildman–Crippen MR) is 84.0 cm³/mol. The number of aliphatic hydroxyl groups is 1. The number of hydrogen-bond donors (Lipinski definition) is 1. The SMILES string of the molecule is CCCC1CCCCN1C(=O)c1ccccc1C#CCO. The largest absolute Gasteiger partial charge is 0.384 e. The van der Waals surface area contributed by atoms with Crippen molar-refractivity contribution in [3.63, 3.8) is 0 Å². The maximum absolute atomic E-state index is 12.9. The second kappa shape index (κ2) is 7.85.